The van der Waals surface area contributed by atoms with Crippen molar-refractivity contribution in [3.63, 3.8) is 0 Å². The van der Waals surface area contributed by atoms with E-state index < -0.39 is 0 Å². The van der Waals surface area contributed by atoms with E-state index in [0.29, 0.717) is 12.0 Å². The van der Waals surface area contributed by atoms with Crippen LogP contribution in [0.2, 0.25) is 0 Å². The van der Waals surface area contributed by atoms with Gasteiger partial charge in [-0.3, -0.25) is 4.98 Å². The van der Waals surface area contributed by atoms with Gasteiger partial charge in [0.05, 0.1) is 19.0 Å². The summed E-state index contributed by atoms with van der Waals surface area (Å²) < 4.78 is 5.32. The Balaban J connectivity index is 2.14. The second kappa shape index (κ2) is 5.36. The third-order valence-electron chi connectivity index (χ3n) is 3.53. The summed E-state index contributed by atoms with van der Waals surface area (Å²) in [6, 6.07) is 2.50. The molecule has 4 nitrogen and oxygen atoms in total. The van der Waals surface area contributed by atoms with Gasteiger partial charge in [0.25, 0.3) is 0 Å². The first-order chi connectivity index (χ1) is 8.24. The summed E-state index contributed by atoms with van der Waals surface area (Å²) in [5.41, 5.74) is 7.82. The van der Waals surface area contributed by atoms with E-state index in [4.69, 9.17) is 10.5 Å². The summed E-state index contributed by atoms with van der Waals surface area (Å²) in [6.07, 6.45) is 5.43. The number of aryl methyl sites for hydroxylation is 1. The van der Waals surface area contributed by atoms with Gasteiger partial charge in [-0.25, -0.2) is 0 Å². The van der Waals surface area contributed by atoms with Crippen molar-refractivity contribution in [1.29, 1.82) is 0 Å². The highest BCUT2D eigenvalue weighted by Crippen LogP contribution is 2.31. The molecule has 0 amide bonds. The first kappa shape index (κ1) is 12.2. The lowest BCUT2D eigenvalue weighted by atomic mass is 10.0. The number of ether oxygens (including phenoxy) is 1. The van der Waals surface area contributed by atoms with Gasteiger partial charge >= 0.3 is 0 Å². The average molecular weight is 235 g/mol. The molecule has 0 radical (unpaired) electrons. The molecule has 1 aromatic rings. The third kappa shape index (κ3) is 2.69. The van der Waals surface area contributed by atoms with Gasteiger partial charge in [0.1, 0.15) is 0 Å². The van der Waals surface area contributed by atoms with E-state index in [-0.39, 0.29) is 0 Å². The number of anilines is 1. The topological polar surface area (TPSA) is 60.2 Å². The minimum absolute atomic E-state index is 0.468. The van der Waals surface area contributed by atoms with Gasteiger partial charge in [0.2, 0.25) is 0 Å². The summed E-state index contributed by atoms with van der Waals surface area (Å²) in [5, 5.41) is 3.56. The molecule has 0 spiro atoms. The number of rotatable bonds is 4. The highest BCUT2D eigenvalue weighted by Gasteiger charge is 2.26. The normalized spacial score (nSPS) is 23.7. The standard InChI is InChI=1S/C13H21N3O/c1-9-6-12(13(17-2)8-15-9)16-11-5-3-4-10(11)7-14/h6,8,10-11H,3-5,7,14H2,1-2H3,(H,15,16). The number of aromatic nitrogens is 1. The van der Waals surface area contributed by atoms with Gasteiger partial charge in [0.15, 0.2) is 5.75 Å². The van der Waals surface area contributed by atoms with Gasteiger partial charge in [-0.1, -0.05) is 6.42 Å². The highest BCUT2D eigenvalue weighted by molar-refractivity contribution is 5.56. The van der Waals surface area contributed by atoms with Crippen molar-refractivity contribution in [3.8, 4) is 5.75 Å². The van der Waals surface area contributed by atoms with Gasteiger partial charge in [-0.05, 0) is 38.3 Å². The third-order valence-corrected chi connectivity index (χ3v) is 3.53. The SMILES string of the molecule is COc1cnc(C)cc1NC1CCCC1CN. The van der Waals surface area contributed by atoms with Gasteiger partial charge in [0, 0.05) is 11.7 Å². The Morgan fingerprint density at radius 3 is 3.06 bits per heavy atom. The number of hydrogen-bond acceptors (Lipinski definition) is 4. The zero-order valence-electron chi connectivity index (χ0n) is 10.6. The Labute approximate surface area is 103 Å². The highest BCUT2D eigenvalue weighted by atomic mass is 16.5. The molecule has 1 aliphatic rings. The van der Waals surface area contributed by atoms with Crippen LogP contribution in [0.15, 0.2) is 12.3 Å². The van der Waals surface area contributed by atoms with E-state index in [1.54, 1.807) is 13.3 Å². The van der Waals surface area contributed by atoms with E-state index in [9.17, 15) is 0 Å². The van der Waals surface area contributed by atoms with Crippen LogP contribution < -0.4 is 15.8 Å². The van der Waals surface area contributed by atoms with Gasteiger partial charge < -0.3 is 15.8 Å². The first-order valence-electron chi connectivity index (χ1n) is 6.22. The van der Waals surface area contributed by atoms with Crippen LogP contribution in [0.5, 0.6) is 5.75 Å². The smallest absolute Gasteiger partial charge is 0.160 e. The van der Waals surface area contributed by atoms with E-state index >= 15 is 0 Å². The van der Waals surface area contributed by atoms with Crippen LogP contribution in [-0.2, 0) is 0 Å². The molecular weight excluding hydrogens is 214 g/mol. The maximum Gasteiger partial charge on any atom is 0.160 e. The van der Waals surface area contributed by atoms with E-state index in [1.807, 2.05) is 13.0 Å². The molecule has 0 bridgehead atoms. The average Bonchev–Trinajstić information content (AvgIpc) is 2.77. The minimum atomic E-state index is 0.468. The fraction of sp³-hybridized carbons (Fsp3) is 0.615. The fourth-order valence-corrected chi connectivity index (χ4v) is 2.53. The molecular formula is C13H21N3O. The monoisotopic (exact) mass is 235 g/mol. The molecule has 1 fully saturated rings. The van der Waals surface area contributed by atoms with Crippen molar-refractivity contribution in [2.45, 2.75) is 32.2 Å². The summed E-state index contributed by atoms with van der Waals surface area (Å²) in [4.78, 5) is 4.23. The molecule has 2 rings (SSSR count). The molecule has 94 valence electrons. The quantitative estimate of drug-likeness (QED) is 0.837. The van der Waals surface area contributed by atoms with Crippen LogP contribution in [0.3, 0.4) is 0 Å². The van der Waals surface area contributed by atoms with Crippen molar-refractivity contribution in [1.82, 2.24) is 4.98 Å². The maximum atomic E-state index is 5.79. The first-order valence-corrected chi connectivity index (χ1v) is 6.22. The molecule has 0 saturated heterocycles. The molecule has 1 aliphatic carbocycles. The van der Waals surface area contributed by atoms with Gasteiger partial charge in [-0.15, -0.1) is 0 Å². The molecule has 1 heterocycles. The number of nitrogens with one attached hydrogen (secondary N) is 1. The largest absolute Gasteiger partial charge is 0.493 e. The van der Waals surface area contributed by atoms with Crippen LogP contribution in [-0.4, -0.2) is 24.7 Å². The molecule has 4 heteroatoms. The second-order valence-corrected chi connectivity index (χ2v) is 4.70. The lowest BCUT2D eigenvalue weighted by molar-refractivity contribution is 0.412. The summed E-state index contributed by atoms with van der Waals surface area (Å²) in [6.45, 7) is 2.74. The summed E-state index contributed by atoms with van der Waals surface area (Å²) >= 11 is 0. The van der Waals surface area contributed by atoms with Crippen molar-refractivity contribution in [2.24, 2.45) is 11.7 Å². The van der Waals surface area contributed by atoms with Crippen LogP contribution in [0.1, 0.15) is 25.0 Å². The lowest BCUT2D eigenvalue weighted by Gasteiger charge is -2.22. The molecule has 0 aromatic carbocycles. The zero-order chi connectivity index (χ0) is 12.3. The Bertz CT molecular complexity index is 381. The predicted molar refractivity (Wildman–Crippen MR) is 69.3 cm³/mol. The van der Waals surface area contributed by atoms with E-state index in [1.165, 1.54) is 19.3 Å². The molecule has 17 heavy (non-hydrogen) atoms. The maximum absolute atomic E-state index is 5.79. The number of nitrogens with zero attached hydrogens (tertiary/aromatic N) is 1. The molecule has 1 aromatic heterocycles. The number of nitrogens with two attached hydrogens (primary N) is 1. The van der Waals surface area contributed by atoms with Crippen molar-refractivity contribution in [3.05, 3.63) is 18.0 Å². The van der Waals surface area contributed by atoms with Crippen molar-refractivity contribution >= 4 is 5.69 Å². The Morgan fingerprint density at radius 1 is 1.53 bits per heavy atom. The summed E-state index contributed by atoms with van der Waals surface area (Å²) in [7, 11) is 1.67. The van der Waals surface area contributed by atoms with Gasteiger partial charge in [-0.2, -0.15) is 0 Å². The molecule has 2 atom stereocenters. The Hall–Kier alpha value is -1.29. The minimum Gasteiger partial charge on any atom is -0.493 e. The van der Waals surface area contributed by atoms with Crippen LogP contribution >= 0.6 is 0 Å². The van der Waals surface area contributed by atoms with Crippen molar-refractivity contribution < 1.29 is 4.74 Å². The number of methoxy groups -OCH3 is 1. The molecule has 0 aliphatic heterocycles. The van der Waals surface area contributed by atoms with Crippen LogP contribution in [0, 0.1) is 12.8 Å². The predicted octanol–water partition coefficient (Wildman–Crippen LogP) is 1.94. The second-order valence-electron chi connectivity index (χ2n) is 4.70. The van der Waals surface area contributed by atoms with E-state index in [0.717, 1.165) is 23.7 Å². The van der Waals surface area contributed by atoms with Crippen LogP contribution in [0.25, 0.3) is 0 Å². The fourth-order valence-electron chi connectivity index (χ4n) is 2.53. The molecule has 1 saturated carbocycles. The van der Waals surface area contributed by atoms with Crippen LogP contribution in [0.4, 0.5) is 5.69 Å². The molecule has 2 unspecified atom stereocenters. The van der Waals surface area contributed by atoms with Crippen molar-refractivity contribution in [2.75, 3.05) is 19.0 Å². The number of hydrogen-bond donors (Lipinski definition) is 2. The molecule has 3 N–H and O–H groups in total. The zero-order valence-corrected chi connectivity index (χ0v) is 10.6. The Kier molecular flexibility index (Phi) is 3.84. The lowest BCUT2D eigenvalue weighted by Crippen LogP contribution is -2.29. The number of pyridine rings is 1. The Morgan fingerprint density at radius 2 is 2.35 bits per heavy atom. The summed E-state index contributed by atoms with van der Waals surface area (Å²) in [5.74, 6) is 1.38. The van der Waals surface area contributed by atoms with E-state index in [2.05, 4.69) is 10.3 Å².